The minimum atomic E-state index is -0.0479. The maximum Gasteiger partial charge on any atom is 0.226 e. The van der Waals surface area contributed by atoms with Crippen molar-refractivity contribution in [2.24, 2.45) is 7.05 Å². The van der Waals surface area contributed by atoms with Gasteiger partial charge in [0.25, 0.3) is 0 Å². The molecule has 1 aromatic carbocycles. The van der Waals surface area contributed by atoms with E-state index in [0.29, 0.717) is 17.3 Å². The lowest BCUT2D eigenvalue weighted by Gasteiger charge is -2.03. The molecule has 1 N–H and O–H groups in total. The summed E-state index contributed by atoms with van der Waals surface area (Å²) in [5.41, 5.74) is 1.78. The van der Waals surface area contributed by atoms with Crippen molar-refractivity contribution in [1.82, 2.24) is 14.5 Å². The first-order valence-corrected chi connectivity index (χ1v) is 9.52. The number of methoxy groups -OCH3 is 1. The molecule has 0 fully saturated rings. The number of imidazole rings is 1. The van der Waals surface area contributed by atoms with Crippen molar-refractivity contribution >= 4 is 34.1 Å². The number of aryl methyl sites for hydroxylation is 1. The molecule has 0 spiro atoms. The number of amides is 1. The van der Waals surface area contributed by atoms with Crippen LogP contribution in [0.15, 0.2) is 47.2 Å². The summed E-state index contributed by atoms with van der Waals surface area (Å²) in [5.74, 6) is 1.40. The van der Waals surface area contributed by atoms with E-state index in [1.165, 1.54) is 11.3 Å². The van der Waals surface area contributed by atoms with Gasteiger partial charge in [-0.3, -0.25) is 4.79 Å². The van der Waals surface area contributed by atoms with E-state index in [1.54, 1.807) is 25.1 Å². The first-order valence-electron chi connectivity index (χ1n) is 7.65. The number of aromatic nitrogens is 3. The Morgan fingerprint density at radius 3 is 3.08 bits per heavy atom. The SMILES string of the molecule is COc1cccc(-c2csc(NC(=O)CCSc3nccn3C)n2)c1. The maximum absolute atomic E-state index is 12.1. The predicted octanol–water partition coefficient (Wildman–Crippen LogP) is 3.67. The highest BCUT2D eigenvalue weighted by atomic mass is 32.2. The van der Waals surface area contributed by atoms with E-state index in [9.17, 15) is 4.79 Å². The molecule has 0 bridgehead atoms. The molecule has 0 saturated carbocycles. The number of thioether (sulfide) groups is 1. The lowest BCUT2D eigenvalue weighted by atomic mass is 10.2. The second-order valence-corrected chi connectivity index (χ2v) is 7.16. The molecule has 3 rings (SSSR count). The topological polar surface area (TPSA) is 69.0 Å². The van der Waals surface area contributed by atoms with Gasteiger partial charge in [-0.1, -0.05) is 23.9 Å². The van der Waals surface area contributed by atoms with E-state index in [1.807, 2.05) is 47.5 Å². The summed E-state index contributed by atoms with van der Waals surface area (Å²) in [6.07, 6.45) is 4.04. The molecular weight excluding hydrogens is 356 g/mol. The summed E-state index contributed by atoms with van der Waals surface area (Å²) in [5, 5.41) is 6.28. The van der Waals surface area contributed by atoms with Gasteiger partial charge in [0.05, 0.1) is 12.8 Å². The maximum atomic E-state index is 12.1. The van der Waals surface area contributed by atoms with Crippen LogP contribution >= 0.6 is 23.1 Å². The van der Waals surface area contributed by atoms with Crippen LogP contribution in [-0.2, 0) is 11.8 Å². The number of nitrogens with one attached hydrogen (secondary N) is 1. The summed E-state index contributed by atoms with van der Waals surface area (Å²) in [4.78, 5) is 20.8. The summed E-state index contributed by atoms with van der Waals surface area (Å²) < 4.78 is 7.16. The fraction of sp³-hybridized carbons (Fsp3) is 0.235. The number of carbonyl (C=O) groups excluding carboxylic acids is 1. The first kappa shape index (κ1) is 17.5. The van der Waals surface area contributed by atoms with Gasteiger partial charge in [0.2, 0.25) is 5.91 Å². The van der Waals surface area contributed by atoms with Gasteiger partial charge in [0, 0.05) is 42.6 Å². The predicted molar refractivity (Wildman–Crippen MR) is 101 cm³/mol. The van der Waals surface area contributed by atoms with E-state index in [0.717, 1.165) is 22.2 Å². The van der Waals surface area contributed by atoms with Crippen LogP contribution in [0, 0.1) is 0 Å². The molecule has 0 aliphatic heterocycles. The Hall–Kier alpha value is -2.32. The number of anilines is 1. The normalized spacial score (nSPS) is 10.6. The number of benzene rings is 1. The standard InChI is InChI=1S/C17H18N4O2S2/c1-21-8-7-18-17(21)24-9-6-15(22)20-16-19-14(11-25-16)12-4-3-5-13(10-12)23-2/h3-5,7-8,10-11H,6,9H2,1-2H3,(H,19,20,22). The molecule has 0 aliphatic rings. The van der Waals surface area contributed by atoms with E-state index < -0.39 is 0 Å². The summed E-state index contributed by atoms with van der Waals surface area (Å²) in [6.45, 7) is 0. The number of rotatable bonds is 7. The Labute approximate surface area is 154 Å². The molecule has 8 heteroatoms. The smallest absolute Gasteiger partial charge is 0.226 e. The third-order valence-corrected chi connectivity index (χ3v) is 5.27. The van der Waals surface area contributed by atoms with E-state index in [2.05, 4.69) is 15.3 Å². The quantitative estimate of drug-likeness (QED) is 0.639. The van der Waals surface area contributed by atoms with Gasteiger partial charge in [-0.2, -0.15) is 0 Å². The lowest BCUT2D eigenvalue weighted by Crippen LogP contribution is -2.12. The zero-order chi connectivity index (χ0) is 17.6. The second-order valence-electron chi connectivity index (χ2n) is 5.24. The Morgan fingerprint density at radius 1 is 1.44 bits per heavy atom. The highest BCUT2D eigenvalue weighted by molar-refractivity contribution is 7.99. The van der Waals surface area contributed by atoms with Crippen LogP contribution in [0.5, 0.6) is 5.75 Å². The molecule has 2 heterocycles. The van der Waals surface area contributed by atoms with Crippen LogP contribution < -0.4 is 10.1 Å². The van der Waals surface area contributed by atoms with E-state index in [4.69, 9.17) is 4.74 Å². The largest absolute Gasteiger partial charge is 0.497 e. The van der Waals surface area contributed by atoms with Crippen LogP contribution in [0.1, 0.15) is 6.42 Å². The highest BCUT2D eigenvalue weighted by Gasteiger charge is 2.09. The monoisotopic (exact) mass is 374 g/mol. The van der Waals surface area contributed by atoms with Crippen molar-refractivity contribution in [3.8, 4) is 17.0 Å². The van der Waals surface area contributed by atoms with Crippen molar-refractivity contribution in [3.63, 3.8) is 0 Å². The fourth-order valence-corrected chi connectivity index (χ4v) is 3.76. The average molecular weight is 374 g/mol. The molecule has 2 aromatic heterocycles. The molecular formula is C17H18N4O2S2. The van der Waals surface area contributed by atoms with Gasteiger partial charge in [-0.25, -0.2) is 9.97 Å². The Bertz CT molecular complexity index is 860. The van der Waals surface area contributed by atoms with Crippen LogP contribution in [0.4, 0.5) is 5.13 Å². The number of carbonyl (C=O) groups is 1. The van der Waals surface area contributed by atoms with Gasteiger partial charge in [0.1, 0.15) is 5.75 Å². The van der Waals surface area contributed by atoms with Crippen LogP contribution in [-0.4, -0.2) is 33.3 Å². The van der Waals surface area contributed by atoms with Gasteiger partial charge >= 0.3 is 0 Å². The number of hydrogen-bond acceptors (Lipinski definition) is 6. The average Bonchev–Trinajstić information content (AvgIpc) is 3.24. The number of nitrogens with zero attached hydrogens (tertiary/aromatic N) is 3. The molecule has 0 saturated heterocycles. The highest BCUT2D eigenvalue weighted by Crippen LogP contribution is 2.27. The molecule has 130 valence electrons. The molecule has 0 atom stereocenters. The zero-order valence-electron chi connectivity index (χ0n) is 13.9. The number of hydrogen-bond donors (Lipinski definition) is 1. The third-order valence-electron chi connectivity index (χ3n) is 3.45. The summed E-state index contributed by atoms with van der Waals surface area (Å²) >= 11 is 2.97. The van der Waals surface area contributed by atoms with Crippen molar-refractivity contribution in [2.45, 2.75) is 11.6 Å². The van der Waals surface area contributed by atoms with Crippen molar-refractivity contribution in [1.29, 1.82) is 0 Å². The zero-order valence-corrected chi connectivity index (χ0v) is 15.6. The molecule has 25 heavy (non-hydrogen) atoms. The van der Waals surface area contributed by atoms with Crippen LogP contribution in [0.3, 0.4) is 0 Å². The van der Waals surface area contributed by atoms with Crippen molar-refractivity contribution in [3.05, 3.63) is 42.0 Å². The van der Waals surface area contributed by atoms with Gasteiger partial charge in [0.15, 0.2) is 10.3 Å². The molecule has 0 radical (unpaired) electrons. The van der Waals surface area contributed by atoms with E-state index in [-0.39, 0.29) is 5.91 Å². The first-order chi connectivity index (χ1) is 12.2. The van der Waals surface area contributed by atoms with Crippen molar-refractivity contribution in [2.75, 3.05) is 18.2 Å². The van der Waals surface area contributed by atoms with Gasteiger partial charge in [-0.05, 0) is 12.1 Å². The van der Waals surface area contributed by atoms with Gasteiger partial charge < -0.3 is 14.6 Å². The lowest BCUT2D eigenvalue weighted by molar-refractivity contribution is -0.115. The Morgan fingerprint density at radius 2 is 2.32 bits per heavy atom. The Balaban J connectivity index is 1.53. The minimum Gasteiger partial charge on any atom is -0.497 e. The molecule has 6 nitrogen and oxygen atoms in total. The number of thiazole rings is 1. The fourth-order valence-electron chi connectivity index (χ4n) is 2.15. The molecule has 0 aliphatic carbocycles. The summed E-state index contributed by atoms with van der Waals surface area (Å²) in [6, 6.07) is 7.69. The van der Waals surface area contributed by atoms with Crippen LogP contribution in [0.25, 0.3) is 11.3 Å². The van der Waals surface area contributed by atoms with Crippen LogP contribution in [0.2, 0.25) is 0 Å². The van der Waals surface area contributed by atoms with E-state index >= 15 is 0 Å². The molecule has 1 amide bonds. The summed E-state index contributed by atoms with van der Waals surface area (Å²) in [7, 11) is 3.57. The molecule has 0 unspecified atom stereocenters. The number of ether oxygens (including phenoxy) is 1. The van der Waals surface area contributed by atoms with Crippen molar-refractivity contribution < 1.29 is 9.53 Å². The second kappa shape index (κ2) is 8.17. The third kappa shape index (κ3) is 4.61. The molecule has 3 aromatic rings. The Kier molecular flexibility index (Phi) is 5.72. The van der Waals surface area contributed by atoms with Gasteiger partial charge in [-0.15, -0.1) is 11.3 Å². The minimum absolute atomic E-state index is 0.0479.